The fraction of sp³-hybridized carbons (Fsp3) is 0.238. The highest BCUT2D eigenvalue weighted by Gasteiger charge is 1.90. The van der Waals surface area contributed by atoms with Crippen LogP contribution in [0.5, 0.6) is 23.0 Å². The van der Waals surface area contributed by atoms with E-state index < -0.39 is 0 Å². The molecule has 0 saturated heterocycles. The molecule has 70 heavy (non-hydrogen) atoms. The smallest absolute Gasteiger partial charge is 0.139 e. The molecule has 0 aliphatic carbocycles. The standard InChI is InChI=1S/C9H13NO.C8H10O.C7H9OP.C7H8O.4C7H8.C3H9N.CH4/c1-8-3-5-9(6-4-8)11-7-10-2;1-7-3-5-8(9-2)6-4-7;1-6-2-4-7(8-9)5-3-6;1-6-2-4-7(8)5-3-6;4*1-7-5-3-2-4-6-7;1-4(2)3;/h3-6,10H,7H2,1-2H3;3-6H,1-2H3;2-5H,9H2,1H3;2-5,8H,1H3;4*2-6H,1H3;1-3H3;1H4. The summed E-state index contributed by atoms with van der Waals surface area (Å²) in [5.74, 6) is 3.03. The molecule has 1 atom stereocenters. The molecule has 0 amide bonds. The molecule has 0 bridgehead atoms. The average Bonchev–Trinajstić information content (AvgIpc) is 3.35. The summed E-state index contributed by atoms with van der Waals surface area (Å²) in [6.07, 6.45) is 0. The SMILES string of the molecule is C.CN(C)C.CNCOc1ccc(C)cc1.COc1ccc(C)cc1.Cc1ccc(O)cc1.Cc1ccc(OP)cc1.Cc1ccccc1.Cc1ccccc1.Cc1ccccc1.Cc1ccccc1. The molecule has 6 nitrogen and oxygen atoms in total. The summed E-state index contributed by atoms with van der Waals surface area (Å²) in [7, 11) is 11.7. The van der Waals surface area contributed by atoms with Crippen molar-refractivity contribution < 1.29 is 19.1 Å². The van der Waals surface area contributed by atoms with Crippen LogP contribution in [0.3, 0.4) is 0 Å². The van der Waals surface area contributed by atoms with Crippen molar-refractivity contribution in [2.45, 2.75) is 62.8 Å². The monoisotopic (exact) mass is 965 g/mol. The molecule has 0 saturated carbocycles. The van der Waals surface area contributed by atoms with Gasteiger partial charge in [0.2, 0.25) is 0 Å². The number of benzene rings is 8. The summed E-state index contributed by atoms with van der Waals surface area (Å²) in [5, 5.41) is 11.7. The number of aryl methyl sites for hydroxylation is 8. The second-order valence-electron chi connectivity index (χ2n) is 16.2. The number of hydrogen-bond donors (Lipinski definition) is 2. The summed E-state index contributed by atoms with van der Waals surface area (Å²) in [6.45, 7) is 17.0. The predicted molar refractivity (Wildman–Crippen MR) is 309 cm³/mol. The number of phenols is 1. The molecule has 8 aromatic rings. The summed E-state index contributed by atoms with van der Waals surface area (Å²) >= 11 is 0. The Balaban J connectivity index is 0. The first-order valence-electron chi connectivity index (χ1n) is 22.9. The summed E-state index contributed by atoms with van der Waals surface area (Å²) in [4.78, 5) is 2.00. The molecule has 0 aliphatic heterocycles. The number of rotatable bonds is 5. The highest BCUT2D eigenvalue weighted by Crippen LogP contribution is 2.13. The van der Waals surface area contributed by atoms with Crippen LogP contribution in [-0.2, 0) is 0 Å². The number of ether oxygens (including phenoxy) is 2. The fourth-order valence-electron chi connectivity index (χ4n) is 4.76. The number of methoxy groups -OCH3 is 1. The number of phenolic OH excluding ortho intramolecular Hbond substituents is 1. The maximum Gasteiger partial charge on any atom is 0.139 e. The van der Waals surface area contributed by atoms with Gasteiger partial charge in [-0.1, -0.05) is 222 Å². The number of nitrogens with zero attached hydrogens (tertiary/aromatic N) is 1. The van der Waals surface area contributed by atoms with Crippen LogP contribution in [0.2, 0.25) is 0 Å². The lowest BCUT2D eigenvalue weighted by Crippen LogP contribution is -2.13. The molecule has 0 aromatic heterocycles. The van der Waals surface area contributed by atoms with Crippen molar-refractivity contribution in [3.63, 3.8) is 0 Å². The van der Waals surface area contributed by atoms with E-state index >= 15 is 0 Å². The van der Waals surface area contributed by atoms with Gasteiger partial charge in [-0.15, -0.1) is 0 Å². The minimum atomic E-state index is 0. The molecule has 8 rings (SSSR count). The number of aromatic hydroxyl groups is 1. The molecule has 0 heterocycles. The molecular weight excluding hydrogens is 880 g/mol. The number of hydrogen-bond acceptors (Lipinski definition) is 6. The molecule has 376 valence electrons. The van der Waals surface area contributed by atoms with Crippen molar-refractivity contribution in [1.29, 1.82) is 0 Å². The van der Waals surface area contributed by atoms with Crippen LogP contribution in [0.25, 0.3) is 0 Å². The Morgan fingerprint density at radius 2 is 0.614 bits per heavy atom. The lowest BCUT2D eigenvalue weighted by Gasteiger charge is -2.03. The van der Waals surface area contributed by atoms with Gasteiger partial charge in [-0.3, -0.25) is 5.32 Å². The van der Waals surface area contributed by atoms with Gasteiger partial charge in [-0.05, 0) is 132 Å². The molecule has 1 unspecified atom stereocenters. The van der Waals surface area contributed by atoms with Crippen molar-refractivity contribution in [1.82, 2.24) is 10.2 Å². The lowest BCUT2D eigenvalue weighted by atomic mass is 10.2. The van der Waals surface area contributed by atoms with Crippen LogP contribution in [-0.4, -0.2) is 52.0 Å². The predicted octanol–water partition coefficient (Wildman–Crippen LogP) is 16.2. The Bertz CT molecular complexity index is 2090. The van der Waals surface area contributed by atoms with E-state index in [1.165, 1.54) is 44.5 Å². The van der Waals surface area contributed by atoms with Crippen LogP contribution in [0, 0.1) is 55.4 Å². The van der Waals surface area contributed by atoms with E-state index in [2.05, 4.69) is 105 Å². The van der Waals surface area contributed by atoms with E-state index in [-0.39, 0.29) is 7.43 Å². The van der Waals surface area contributed by atoms with Crippen LogP contribution in [0.1, 0.15) is 51.9 Å². The van der Waals surface area contributed by atoms with E-state index in [0.717, 1.165) is 17.2 Å². The van der Waals surface area contributed by atoms with Gasteiger partial charge in [0.15, 0.2) is 0 Å². The zero-order chi connectivity index (χ0) is 51.5. The van der Waals surface area contributed by atoms with Gasteiger partial charge in [0.1, 0.15) is 29.7 Å². The maximum atomic E-state index is 8.76. The van der Waals surface area contributed by atoms with Crippen LogP contribution in [0.15, 0.2) is 218 Å². The zero-order valence-electron chi connectivity index (χ0n) is 43.7. The molecule has 7 heteroatoms. The Kier molecular flexibility index (Phi) is 40.7. The minimum absolute atomic E-state index is 0. The molecule has 0 fully saturated rings. The molecule has 2 N–H and O–H groups in total. The van der Waals surface area contributed by atoms with Crippen molar-refractivity contribution in [3.8, 4) is 23.0 Å². The molecule has 0 radical (unpaired) electrons. The van der Waals surface area contributed by atoms with Crippen LogP contribution in [0.4, 0.5) is 0 Å². The summed E-state index contributed by atoms with van der Waals surface area (Å²) in [6, 6.07) is 72.0. The van der Waals surface area contributed by atoms with Gasteiger partial charge in [-0.2, -0.15) is 0 Å². The second-order valence-corrected chi connectivity index (χ2v) is 16.4. The number of nitrogens with one attached hydrogen (secondary N) is 1. The molecule has 0 spiro atoms. The van der Waals surface area contributed by atoms with E-state index in [1.54, 1.807) is 19.2 Å². The first kappa shape index (κ1) is 65.4. The minimum Gasteiger partial charge on any atom is -0.508 e. The van der Waals surface area contributed by atoms with Gasteiger partial charge in [0.25, 0.3) is 0 Å². The van der Waals surface area contributed by atoms with Crippen LogP contribution < -0.4 is 19.3 Å². The highest BCUT2D eigenvalue weighted by molar-refractivity contribution is 7.10. The summed E-state index contributed by atoms with van der Waals surface area (Å²) < 4.78 is 15.2. The van der Waals surface area contributed by atoms with Gasteiger partial charge >= 0.3 is 0 Å². The lowest BCUT2D eigenvalue weighted by molar-refractivity contribution is 0.296. The molecular formula is C63H85N2O4P. The van der Waals surface area contributed by atoms with Crippen molar-refractivity contribution >= 4 is 9.47 Å². The van der Waals surface area contributed by atoms with Gasteiger partial charge in [0.05, 0.1) is 16.6 Å². The van der Waals surface area contributed by atoms with Crippen LogP contribution >= 0.6 is 9.47 Å². The van der Waals surface area contributed by atoms with Gasteiger partial charge in [0, 0.05) is 0 Å². The van der Waals surface area contributed by atoms with Crippen molar-refractivity contribution in [2.75, 3.05) is 42.0 Å². The summed E-state index contributed by atoms with van der Waals surface area (Å²) in [5.41, 5.74) is 10.2. The second kappa shape index (κ2) is 43.6. The Morgan fingerprint density at radius 1 is 0.386 bits per heavy atom. The Hall–Kier alpha value is -6.69. The molecule has 8 aromatic carbocycles. The average molecular weight is 965 g/mol. The van der Waals surface area contributed by atoms with Gasteiger partial charge < -0.3 is 24.0 Å². The van der Waals surface area contributed by atoms with E-state index in [9.17, 15) is 0 Å². The largest absolute Gasteiger partial charge is 0.508 e. The van der Waals surface area contributed by atoms with Crippen molar-refractivity contribution in [2.24, 2.45) is 0 Å². The third-order valence-electron chi connectivity index (χ3n) is 8.61. The highest BCUT2D eigenvalue weighted by atomic mass is 31.0. The Labute approximate surface area is 427 Å². The first-order valence-corrected chi connectivity index (χ1v) is 23.4. The van der Waals surface area contributed by atoms with E-state index in [1.807, 2.05) is 205 Å². The normalized spacial score (nSPS) is 8.90. The van der Waals surface area contributed by atoms with Crippen molar-refractivity contribution in [3.05, 3.63) is 263 Å². The quantitative estimate of drug-likeness (QED) is 0.132. The maximum absolute atomic E-state index is 8.76. The third kappa shape index (κ3) is 41.5. The first-order chi connectivity index (χ1) is 33.1. The third-order valence-corrected chi connectivity index (χ3v) is 8.89. The van der Waals surface area contributed by atoms with E-state index in [0.29, 0.717) is 12.5 Å². The topological polar surface area (TPSA) is 63.2 Å². The Morgan fingerprint density at radius 3 is 0.814 bits per heavy atom. The fourth-order valence-corrected chi connectivity index (χ4v) is 4.92. The van der Waals surface area contributed by atoms with E-state index in [4.69, 9.17) is 19.1 Å². The zero-order valence-corrected chi connectivity index (χ0v) is 44.8. The van der Waals surface area contributed by atoms with Gasteiger partial charge in [-0.25, -0.2) is 0 Å². The molecule has 0 aliphatic rings.